The average Bonchev–Trinajstić information content (AvgIpc) is 2.37. The Labute approximate surface area is 104 Å². The first-order valence-electron chi connectivity index (χ1n) is 5.22. The zero-order valence-electron chi connectivity index (χ0n) is 10.2. The number of esters is 1. The van der Waals surface area contributed by atoms with Crippen LogP contribution in [0.4, 0.5) is 4.39 Å². The molecule has 6 heteroatoms. The van der Waals surface area contributed by atoms with Crippen molar-refractivity contribution < 1.29 is 23.5 Å². The first-order chi connectivity index (χ1) is 8.54. The minimum atomic E-state index is -0.541. The van der Waals surface area contributed by atoms with Crippen LogP contribution in [0.3, 0.4) is 0 Å². The fourth-order valence-corrected chi connectivity index (χ4v) is 1.16. The summed E-state index contributed by atoms with van der Waals surface area (Å²) in [5.41, 5.74) is 0. The van der Waals surface area contributed by atoms with Gasteiger partial charge >= 0.3 is 5.97 Å². The van der Waals surface area contributed by atoms with Gasteiger partial charge in [0.05, 0.1) is 7.11 Å². The van der Waals surface area contributed by atoms with E-state index in [1.165, 1.54) is 32.4 Å². The number of benzene rings is 1. The van der Waals surface area contributed by atoms with Gasteiger partial charge in [-0.1, -0.05) is 12.1 Å². The Balaban J connectivity index is 2.46. The molecular weight excluding hydrogens is 241 g/mol. The van der Waals surface area contributed by atoms with Gasteiger partial charge in [-0.15, -0.1) is 0 Å². The predicted molar refractivity (Wildman–Crippen MR) is 61.5 cm³/mol. The van der Waals surface area contributed by atoms with E-state index in [-0.39, 0.29) is 18.9 Å². The fourth-order valence-electron chi connectivity index (χ4n) is 1.16. The minimum Gasteiger partial charge on any atom is -0.481 e. The second kappa shape index (κ2) is 6.58. The monoisotopic (exact) mass is 255 g/mol. The third-order valence-corrected chi connectivity index (χ3v) is 2.21. The van der Waals surface area contributed by atoms with Gasteiger partial charge in [-0.25, -0.2) is 4.39 Å². The van der Waals surface area contributed by atoms with Gasteiger partial charge in [0.25, 0.3) is 5.91 Å². The summed E-state index contributed by atoms with van der Waals surface area (Å²) in [6.07, 6.45) is 0. The third-order valence-electron chi connectivity index (χ3n) is 2.21. The number of methoxy groups -OCH3 is 1. The van der Waals surface area contributed by atoms with E-state index < -0.39 is 17.7 Å². The van der Waals surface area contributed by atoms with Gasteiger partial charge in [-0.3, -0.25) is 9.59 Å². The molecule has 1 rings (SSSR count). The van der Waals surface area contributed by atoms with E-state index in [2.05, 4.69) is 4.74 Å². The molecule has 0 aromatic heterocycles. The molecule has 0 saturated carbocycles. The van der Waals surface area contributed by atoms with Gasteiger partial charge in [-0.2, -0.15) is 0 Å². The Morgan fingerprint density at radius 1 is 1.33 bits per heavy atom. The van der Waals surface area contributed by atoms with Gasteiger partial charge in [0.1, 0.15) is 6.54 Å². The van der Waals surface area contributed by atoms with E-state index in [0.717, 1.165) is 4.90 Å². The molecular formula is C12H14FNO4. The number of carbonyl (C=O) groups excluding carboxylic acids is 2. The molecule has 1 aromatic rings. The maximum absolute atomic E-state index is 13.2. The molecule has 0 unspecified atom stereocenters. The Morgan fingerprint density at radius 3 is 2.61 bits per heavy atom. The number of halogens is 1. The summed E-state index contributed by atoms with van der Waals surface area (Å²) < 4.78 is 22.6. The maximum Gasteiger partial charge on any atom is 0.325 e. The second-order valence-corrected chi connectivity index (χ2v) is 3.55. The average molecular weight is 255 g/mol. The number of nitrogens with zero attached hydrogens (tertiary/aromatic N) is 1. The zero-order valence-corrected chi connectivity index (χ0v) is 10.2. The van der Waals surface area contributed by atoms with E-state index in [1.54, 1.807) is 6.07 Å². The Bertz CT molecular complexity index is 436. The molecule has 0 radical (unpaired) electrons. The summed E-state index contributed by atoms with van der Waals surface area (Å²) in [4.78, 5) is 23.6. The quantitative estimate of drug-likeness (QED) is 0.731. The lowest BCUT2D eigenvalue weighted by Gasteiger charge is -2.15. The fraction of sp³-hybridized carbons (Fsp3) is 0.333. The van der Waals surface area contributed by atoms with Crippen LogP contribution < -0.4 is 4.74 Å². The summed E-state index contributed by atoms with van der Waals surface area (Å²) in [7, 11) is 2.67. The first-order valence-corrected chi connectivity index (χ1v) is 5.22. The topological polar surface area (TPSA) is 55.8 Å². The van der Waals surface area contributed by atoms with Crippen LogP contribution in [0.2, 0.25) is 0 Å². The molecule has 18 heavy (non-hydrogen) atoms. The van der Waals surface area contributed by atoms with Crippen molar-refractivity contribution in [1.82, 2.24) is 4.90 Å². The van der Waals surface area contributed by atoms with Crippen LogP contribution in [0.1, 0.15) is 0 Å². The molecule has 0 heterocycles. The van der Waals surface area contributed by atoms with Gasteiger partial charge in [0.2, 0.25) is 0 Å². The van der Waals surface area contributed by atoms with Crippen LogP contribution in [0.5, 0.6) is 5.75 Å². The molecule has 0 aliphatic heterocycles. The molecule has 0 aliphatic rings. The van der Waals surface area contributed by atoms with E-state index >= 15 is 0 Å². The number of para-hydroxylation sites is 1. The van der Waals surface area contributed by atoms with Crippen LogP contribution in [-0.2, 0) is 14.3 Å². The Hall–Kier alpha value is -2.11. The Morgan fingerprint density at radius 2 is 2.00 bits per heavy atom. The number of likely N-dealkylation sites (N-methyl/N-ethyl adjacent to an activating group) is 1. The standard InChI is InChI=1S/C12H14FNO4/c1-14(7-12(16)17-2)11(15)8-18-10-6-4-3-5-9(10)13/h3-6H,7-8H2,1-2H3. The molecule has 0 saturated heterocycles. The molecule has 0 fully saturated rings. The molecule has 0 N–H and O–H groups in total. The molecule has 0 aliphatic carbocycles. The molecule has 1 amide bonds. The van der Waals surface area contributed by atoms with Crippen molar-refractivity contribution in [1.29, 1.82) is 0 Å². The van der Waals surface area contributed by atoms with Crippen LogP contribution in [-0.4, -0.2) is 44.1 Å². The lowest BCUT2D eigenvalue weighted by Crippen LogP contribution is -2.36. The van der Waals surface area contributed by atoms with Crippen LogP contribution in [0.25, 0.3) is 0 Å². The highest BCUT2D eigenvalue weighted by atomic mass is 19.1. The number of hydrogen-bond acceptors (Lipinski definition) is 4. The summed E-state index contributed by atoms with van der Waals surface area (Å²) in [5, 5.41) is 0. The van der Waals surface area contributed by atoms with E-state index in [0.29, 0.717) is 0 Å². The van der Waals surface area contributed by atoms with E-state index in [4.69, 9.17) is 4.74 Å². The number of carbonyl (C=O) groups is 2. The molecule has 0 atom stereocenters. The van der Waals surface area contributed by atoms with Gasteiger partial charge in [0, 0.05) is 7.05 Å². The normalized spacial score (nSPS) is 9.72. The molecule has 5 nitrogen and oxygen atoms in total. The van der Waals surface area contributed by atoms with E-state index in [9.17, 15) is 14.0 Å². The van der Waals surface area contributed by atoms with Crippen LogP contribution in [0, 0.1) is 5.82 Å². The summed E-state index contributed by atoms with van der Waals surface area (Å²) in [5.74, 6) is -1.52. The summed E-state index contributed by atoms with van der Waals surface area (Å²) >= 11 is 0. The molecule has 98 valence electrons. The van der Waals surface area contributed by atoms with E-state index in [1.807, 2.05) is 0 Å². The smallest absolute Gasteiger partial charge is 0.325 e. The van der Waals surface area contributed by atoms with Gasteiger partial charge in [-0.05, 0) is 12.1 Å². The van der Waals surface area contributed by atoms with Crippen molar-refractivity contribution in [3.63, 3.8) is 0 Å². The number of amides is 1. The number of hydrogen-bond donors (Lipinski definition) is 0. The first kappa shape index (κ1) is 14.0. The lowest BCUT2D eigenvalue weighted by molar-refractivity contribution is -0.146. The highest BCUT2D eigenvalue weighted by Crippen LogP contribution is 2.15. The number of ether oxygens (including phenoxy) is 2. The van der Waals surface area contributed by atoms with Gasteiger partial charge in [0.15, 0.2) is 18.2 Å². The zero-order chi connectivity index (χ0) is 13.5. The van der Waals surface area contributed by atoms with Crippen molar-refractivity contribution in [3.8, 4) is 5.75 Å². The highest BCUT2D eigenvalue weighted by molar-refractivity contribution is 5.82. The van der Waals surface area contributed by atoms with Crippen molar-refractivity contribution in [2.24, 2.45) is 0 Å². The third kappa shape index (κ3) is 4.04. The van der Waals surface area contributed by atoms with Crippen LogP contribution >= 0.6 is 0 Å². The van der Waals surface area contributed by atoms with Crippen LogP contribution in [0.15, 0.2) is 24.3 Å². The number of rotatable bonds is 5. The second-order valence-electron chi connectivity index (χ2n) is 3.55. The maximum atomic E-state index is 13.2. The molecule has 0 bridgehead atoms. The van der Waals surface area contributed by atoms with Gasteiger partial charge < -0.3 is 14.4 Å². The predicted octanol–water partition coefficient (Wildman–Crippen LogP) is 0.836. The summed E-state index contributed by atoms with van der Waals surface area (Å²) in [6, 6.07) is 5.77. The van der Waals surface area contributed by atoms with Crippen molar-refractivity contribution >= 4 is 11.9 Å². The largest absolute Gasteiger partial charge is 0.481 e. The Kier molecular flexibility index (Phi) is 5.10. The SMILES string of the molecule is COC(=O)CN(C)C(=O)COc1ccccc1F. The van der Waals surface area contributed by atoms with Crippen molar-refractivity contribution in [2.45, 2.75) is 0 Å². The lowest BCUT2D eigenvalue weighted by atomic mass is 10.3. The summed E-state index contributed by atoms with van der Waals surface area (Å²) in [6.45, 7) is -0.510. The highest BCUT2D eigenvalue weighted by Gasteiger charge is 2.14. The van der Waals surface area contributed by atoms with Crippen molar-refractivity contribution in [2.75, 3.05) is 27.3 Å². The van der Waals surface area contributed by atoms with Crippen molar-refractivity contribution in [3.05, 3.63) is 30.1 Å². The molecule has 0 spiro atoms. The molecule has 1 aromatic carbocycles. The minimum absolute atomic E-state index is 0.00248.